The SMILES string of the molecule is CCC1(OC(O)C23CC4CC2C(OC3=O)C4OC(=O)C(C)(CC(C)C)C(C)C)CCCC1. The highest BCUT2D eigenvalue weighted by Crippen LogP contribution is 2.64. The second-order valence-electron chi connectivity index (χ2n) is 12.0. The molecular formula is C26H42O6. The molecule has 1 N–H and O–H groups in total. The van der Waals surface area contributed by atoms with Crippen molar-refractivity contribution in [1.29, 1.82) is 0 Å². The maximum Gasteiger partial charge on any atom is 0.318 e. The first-order chi connectivity index (χ1) is 15.0. The van der Waals surface area contributed by atoms with Gasteiger partial charge in [0, 0.05) is 11.8 Å². The van der Waals surface area contributed by atoms with E-state index < -0.39 is 29.3 Å². The molecule has 0 aromatic carbocycles. The second-order valence-corrected chi connectivity index (χ2v) is 12.0. The van der Waals surface area contributed by atoms with Gasteiger partial charge in [0.1, 0.15) is 17.6 Å². The molecule has 3 saturated carbocycles. The Kier molecular flexibility index (Phi) is 6.20. The number of rotatable bonds is 9. The number of hydrogen-bond donors (Lipinski definition) is 1. The molecule has 4 rings (SSSR count). The molecule has 0 radical (unpaired) electrons. The van der Waals surface area contributed by atoms with Crippen molar-refractivity contribution in [2.24, 2.45) is 34.5 Å². The first kappa shape index (κ1) is 24.0. The predicted molar refractivity (Wildman–Crippen MR) is 119 cm³/mol. The number of aliphatic hydroxyl groups excluding tert-OH is 1. The van der Waals surface area contributed by atoms with Crippen LogP contribution in [-0.4, -0.2) is 41.1 Å². The smallest absolute Gasteiger partial charge is 0.318 e. The van der Waals surface area contributed by atoms with Crippen molar-refractivity contribution in [2.75, 3.05) is 0 Å². The van der Waals surface area contributed by atoms with Crippen molar-refractivity contribution in [1.82, 2.24) is 0 Å². The van der Waals surface area contributed by atoms with Gasteiger partial charge in [0.2, 0.25) is 0 Å². The fourth-order valence-corrected chi connectivity index (χ4v) is 7.12. The van der Waals surface area contributed by atoms with Crippen LogP contribution in [0.5, 0.6) is 0 Å². The van der Waals surface area contributed by atoms with Crippen molar-refractivity contribution >= 4 is 11.9 Å². The molecule has 1 heterocycles. The molecule has 0 amide bonds. The Hall–Kier alpha value is -1.14. The summed E-state index contributed by atoms with van der Waals surface area (Å²) in [6.07, 6.45) is 4.76. The Morgan fingerprint density at radius 2 is 1.91 bits per heavy atom. The topological polar surface area (TPSA) is 82.1 Å². The van der Waals surface area contributed by atoms with E-state index in [2.05, 4.69) is 34.6 Å². The lowest BCUT2D eigenvalue weighted by molar-refractivity contribution is -0.241. The molecule has 6 heteroatoms. The molecule has 2 bridgehead atoms. The molecule has 7 atom stereocenters. The number of ether oxygens (including phenoxy) is 3. The summed E-state index contributed by atoms with van der Waals surface area (Å²) in [5.41, 5.74) is -1.92. The summed E-state index contributed by atoms with van der Waals surface area (Å²) in [5, 5.41) is 11.2. The molecule has 4 aliphatic rings. The lowest BCUT2D eigenvalue weighted by atomic mass is 9.72. The minimum atomic E-state index is -1.16. The lowest BCUT2D eigenvalue weighted by Gasteiger charge is -2.40. The number of carbonyl (C=O) groups excluding carboxylic acids is 2. The average molecular weight is 451 g/mol. The summed E-state index contributed by atoms with van der Waals surface area (Å²) >= 11 is 0. The van der Waals surface area contributed by atoms with Gasteiger partial charge in [-0.05, 0) is 57.3 Å². The quantitative estimate of drug-likeness (QED) is 0.408. The molecular weight excluding hydrogens is 408 g/mol. The summed E-state index contributed by atoms with van der Waals surface area (Å²) in [6.45, 7) is 12.4. The predicted octanol–water partition coefficient (Wildman–Crippen LogP) is 4.62. The van der Waals surface area contributed by atoms with Gasteiger partial charge in [0.25, 0.3) is 0 Å². The van der Waals surface area contributed by atoms with Gasteiger partial charge in [0.15, 0.2) is 6.29 Å². The van der Waals surface area contributed by atoms with Crippen LogP contribution in [0.4, 0.5) is 0 Å². The highest BCUT2D eigenvalue weighted by atomic mass is 16.6. The van der Waals surface area contributed by atoms with Crippen molar-refractivity contribution < 1.29 is 28.9 Å². The van der Waals surface area contributed by atoms with E-state index in [0.717, 1.165) is 44.9 Å². The molecule has 32 heavy (non-hydrogen) atoms. The second kappa shape index (κ2) is 8.26. The summed E-state index contributed by atoms with van der Waals surface area (Å²) in [7, 11) is 0. The Morgan fingerprint density at radius 1 is 1.25 bits per heavy atom. The zero-order valence-electron chi connectivity index (χ0n) is 20.7. The highest BCUT2D eigenvalue weighted by Gasteiger charge is 2.75. The van der Waals surface area contributed by atoms with Gasteiger partial charge in [-0.15, -0.1) is 0 Å². The number of carbonyl (C=O) groups is 2. The van der Waals surface area contributed by atoms with E-state index in [1.165, 1.54) is 0 Å². The summed E-state index contributed by atoms with van der Waals surface area (Å²) in [4.78, 5) is 26.4. The van der Waals surface area contributed by atoms with Crippen LogP contribution in [-0.2, 0) is 23.8 Å². The monoisotopic (exact) mass is 450 g/mol. The molecule has 6 nitrogen and oxygen atoms in total. The van der Waals surface area contributed by atoms with Crippen LogP contribution in [0.15, 0.2) is 0 Å². The van der Waals surface area contributed by atoms with Gasteiger partial charge in [-0.25, -0.2) is 0 Å². The molecule has 182 valence electrons. The molecule has 0 aromatic heterocycles. The number of esters is 2. The van der Waals surface area contributed by atoms with Crippen LogP contribution in [0.1, 0.15) is 92.9 Å². The van der Waals surface area contributed by atoms with Crippen molar-refractivity contribution in [3.05, 3.63) is 0 Å². The van der Waals surface area contributed by atoms with Gasteiger partial charge < -0.3 is 19.3 Å². The lowest BCUT2D eigenvalue weighted by Crippen LogP contribution is -2.51. The standard InChI is InChI=1S/C26H42O6/c1-7-25(10-8-9-11-25)32-23(29)26-14-17-12-18(26)20(31-22(26)28)19(17)30-21(27)24(6,16(4)5)13-15(2)3/h15-20,23,29H,7-14H2,1-6H3. The molecule has 7 unspecified atom stereocenters. The Bertz CT molecular complexity index is 741. The normalized spacial score (nSPS) is 37.7. The van der Waals surface area contributed by atoms with Gasteiger partial charge in [-0.3, -0.25) is 9.59 Å². The summed E-state index contributed by atoms with van der Waals surface area (Å²) in [5.74, 6) is -0.179. The van der Waals surface area contributed by atoms with E-state index in [4.69, 9.17) is 14.2 Å². The molecule has 4 fully saturated rings. The number of hydrogen-bond acceptors (Lipinski definition) is 6. The molecule has 0 spiro atoms. The van der Waals surface area contributed by atoms with Crippen LogP contribution in [0.25, 0.3) is 0 Å². The van der Waals surface area contributed by atoms with Crippen LogP contribution in [0, 0.1) is 34.5 Å². The van der Waals surface area contributed by atoms with E-state index in [9.17, 15) is 14.7 Å². The van der Waals surface area contributed by atoms with Gasteiger partial charge in [0.05, 0.1) is 11.0 Å². The number of fused-ring (bicyclic) bond motifs is 1. The van der Waals surface area contributed by atoms with Crippen LogP contribution in [0.3, 0.4) is 0 Å². The van der Waals surface area contributed by atoms with Crippen molar-refractivity contribution in [3.63, 3.8) is 0 Å². The van der Waals surface area contributed by atoms with Crippen LogP contribution >= 0.6 is 0 Å². The van der Waals surface area contributed by atoms with E-state index in [-0.39, 0.29) is 35.3 Å². The summed E-state index contributed by atoms with van der Waals surface area (Å²) in [6, 6.07) is 0. The number of aliphatic hydroxyl groups is 1. The Balaban J connectivity index is 1.50. The van der Waals surface area contributed by atoms with E-state index in [0.29, 0.717) is 12.3 Å². The third kappa shape index (κ3) is 3.51. The highest BCUT2D eigenvalue weighted by molar-refractivity contribution is 5.82. The molecule has 1 saturated heterocycles. The van der Waals surface area contributed by atoms with Crippen molar-refractivity contribution in [3.8, 4) is 0 Å². The van der Waals surface area contributed by atoms with E-state index in [1.807, 2.05) is 6.92 Å². The Labute approximate surface area is 192 Å². The first-order valence-electron chi connectivity index (χ1n) is 12.8. The largest absolute Gasteiger partial charge is 0.458 e. The molecule has 1 aliphatic heterocycles. The first-order valence-corrected chi connectivity index (χ1v) is 12.8. The van der Waals surface area contributed by atoms with Gasteiger partial charge >= 0.3 is 11.9 Å². The van der Waals surface area contributed by atoms with Crippen molar-refractivity contribution in [2.45, 2.75) is 117 Å². The van der Waals surface area contributed by atoms with E-state index >= 15 is 0 Å². The minimum absolute atomic E-state index is 0.0234. The maximum absolute atomic E-state index is 13.3. The minimum Gasteiger partial charge on any atom is -0.458 e. The maximum atomic E-state index is 13.3. The Morgan fingerprint density at radius 3 is 2.47 bits per heavy atom. The molecule has 0 aromatic rings. The van der Waals surface area contributed by atoms with Crippen LogP contribution in [0.2, 0.25) is 0 Å². The van der Waals surface area contributed by atoms with Crippen LogP contribution < -0.4 is 0 Å². The fraction of sp³-hybridized carbons (Fsp3) is 0.923. The van der Waals surface area contributed by atoms with Gasteiger partial charge in [-0.1, -0.05) is 47.5 Å². The summed E-state index contributed by atoms with van der Waals surface area (Å²) < 4.78 is 18.2. The zero-order chi connectivity index (χ0) is 23.5. The van der Waals surface area contributed by atoms with E-state index in [1.54, 1.807) is 0 Å². The zero-order valence-corrected chi connectivity index (χ0v) is 20.7. The average Bonchev–Trinajstić information content (AvgIpc) is 3.45. The third-order valence-electron chi connectivity index (χ3n) is 9.40. The molecule has 3 aliphatic carbocycles. The fourth-order valence-electron chi connectivity index (χ4n) is 7.12. The third-order valence-corrected chi connectivity index (χ3v) is 9.40. The van der Waals surface area contributed by atoms with Gasteiger partial charge in [-0.2, -0.15) is 0 Å².